The van der Waals surface area contributed by atoms with Crippen molar-refractivity contribution in [1.82, 2.24) is 0 Å². The number of hydrogen-bond acceptors (Lipinski definition) is 2. The molecular formula is C15H15NS. The molecule has 0 amide bonds. The van der Waals surface area contributed by atoms with Crippen molar-refractivity contribution in [3.8, 4) is 0 Å². The van der Waals surface area contributed by atoms with Crippen LogP contribution < -0.4 is 5.73 Å². The summed E-state index contributed by atoms with van der Waals surface area (Å²) in [7, 11) is 0. The van der Waals surface area contributed by atoms with Gasteiger partial charge in [0, 0.05) is 17.0 Å². The quantitative estimate of drug-likeness (QED) is 0.793. The molecule has 1 aromatic heterocycles. The first-order valence-corrected chi connectivity index (χ1v) is 6.81. The van der Waals surface area contributed by atoms with E-state index < -0.39 is 0 Å². The molecule has 0 atom stereocenters. The van der Waals surface area contributed by atoms with Gasteiger partial charge in [-0.2, -0.15) is 0 Å². The smallest absolute Gasteiger partial charge is 0.0317 e. The second kappa shape index (κ2) is 4.38. The van der Waals surface area contributed by atoms with E-state index in [0.717, 1.165) is 24.9 Å². The highest BCUT2D eigenvalue weighted by Gasteiger charge is 2.15. The average Bonchev–Trinajstić information content (AvgIpc) is 2.94. The Bertz CT molecular complexity index is 552. The molecule has 86 valence electrons. The molecule has 1 aliphatic rings. The number of rotatable bonds is 2. The van der Waals surface area contributed by atoms with Crippen molar-refractivity contribution < 1.29 is 0 Å². The van der Waals surface area contributed by atoms with Crippen molar-refractivity contribution in [2.24, 2.45) is 0 Å². The Hall–Kier alpha value is -1.54. The third kappa shape index (κ3) is 2.13. The molecule has 2 N–H and O–H groups in total. The molecule has 0 saturated heterocycles. The standard InChI is InChI=1S/C15H15NS/c16-13-6-8-15-11(3-4-12(15)10-13)5-7-14-2-1-9-17-14/h1-2,5-6,8-10H,3-4,7,16H2. The number of fused-ring (bicyclic) bond motifs is 1. The molecule has 0 spiro atoms. The minimum Gasteiger partial charge on any atom is -0.399 e. The highest BCUT2D eigenvalue weighted by molar-refractivity contribution is 7.09. The second-order valence-corrected chi connectivity index (χ2v) is 5.46. The Kier molecular flexibility index (Phi) is 2.73. The number of thiophene rings is 1. The van der Waals surface area contributed by atoms with Gasteiger partial charge < -0.3 is 5.73 Å². The van der Waals surface area contributed by atoms with Crippen molar-refractivity contribution >= 4 is 22.6 Å². The molecule has 1 aliphatic carbocycles. The van der Waals surface area contributed by atoms with Gasteiger partial charge in [-0.05, 0) is 53.1 Å². The van der Waals surface area contributed by atoms with E-state index in [4.69, 9.17) is 5.73 Å². The summed E-state index contributed by atoms with van der Waals surface area (Å²) in [6.45, 7) is 0. The van der Waals surface area contributed by atoms with Crippen LogP contribution >= 0.6 is 11.3 Å². The van der Waals surface area contributed by atoms with E-state index >= 15 is 0 Å². The molecule has 1 nitrogen and oxygen atoms in total. The average molecular weight is 241 g/mol. The Labute approximate surface area is 106 Å². The molecule has 1 aromatic carbocycles. The normalized spacial score (nSPS) is 16.4. The maximum absolute atomic E-state index is 5.81. The lowest BCUT2D eigenvalue weighted by atomic mass is 10.1. The molecule has 0 aliphatic heterocycles. The third-order valence-corrected chi connectivity index (χ3v) is 4.17. The molecule has 17 heavy (non-hydrogen) atoms. The Morgan fingerprint density at radius 2 is 2.18 bits per heavy atom. The van der Waals surface area contributed by atoms with Gasteiger partial charge in [-0.15, -0.1) is 11.3 Å². The molecule has 0 bridgehead atoms. The van der Waals surface area contributed by atoms with E-state index in [1.807, 2.05) is 17.4 Å². The largest absolute Gasteiger partial charge is 0.399 e. The lowest BCUT2D eigenvalue weighted by Crippen LogP contribution is -1.88. The number of nitrogen functional groups attached to an aromatic ring is 1. The van der Waals surface area contributed by atoms with E-state index in [9.17, 15) is 0 Å². The van der Waals surface area contributed by atoms with Crippen LogP contribution in [-0.4, -0.2) is 0 Å². The van der Waals surface area contributed by atoms with Gasteiger partial charge in [0.1, 0.15) is 0 Å². The summed E-state index contributed by atoms with van der Waals surface area (Å²) in [4.78, 5) is 1.43. The Morgan fingerprint density at radius 1 is 1.24 bits per heavy atom. The van der Waals surface area contributed by atoms with Gasteiger partial charge >= 0.3 is 0 Å². The molecule has 0 saturated carbocycles. The highest BCUT2D eigenvalue weighted by atomic mass is 32.1. The lowest BCUT2D eigenvalue weighted by Gasteiger charge is -2.02. The zero-order valence-corrected chi connectivity index (χ0v) is 10.5. The summed E-state index contributed by atoms with van der Waals surface area (Å²) >= 11 is 1.83. The number of anilines is 1. The fourth-order valence-electron chi connectivity index (χ4n) is 2.40. The first-order valence-electron chi connectivity index (χ1n) is 5.93. The third-order valence-electron chi connectivity index (χ3n) is 3.27. The van der Waals surface area contributed by atoms with Gasteiger partial charge in [-0.3, -0.25) is 0 Å². The van der Waals surface area contributed by atoms with E-state index in [0.29, 0.717) is 0 Å². The van der Waals surface area contributed by atoms with Crippen LogP contribution in [0.25, 0.3) is 5.57 Å². The van der Waals surface area contributed by atoms with Gasteiger partial charge in [0.25, 0.3) is 0 Å². The molecule has 1 heterocycles. The Balaban J connectivity index is 1.86. The van der Waals surface area contributed by atoms with E-state index in [1.54, 1.807) is 0 Å². The number of benzene rings is 1. The zero-order chi connectivity index (χ0) is 11.7. The molecule has 2 aromatic rings. The van der Waals surface area contributed by atoms with Crippen molar-refractivity contribution in [3.05, 3.63) is 57.8 Å². The van der Waals surface area contributed by atoms with Gasteiger partial charge in [0.05, 0.1) is 0 Å². The zero-order valence-electron chi connectivity index (χ0n) is 9.65. The second-order valence-electron chi connectivity index (χ2n) is 4.43. The van der Waals surface area contributed by atoms with Crippen LogP contribution in [0.2, 0.25) is 0 Å². The molecule has 3 rings (SSSR count). The van der Waals surface area contributed by atoms with Gasteiger partial charge in [-0.25, -0.2) is 0 Å². The van der Waals surface area contributed by atoms with Crippen LogP contribution in [0, 0.1) is 0 Å². The van der Waals surface area contributed by atoms with Crippen molar-refractivity contribution in [3.63, 3.8) is 0 Å². The number of hydrogen-bond donors (Lipinski definition) is 1. The number of nitrogens with two attached hydrogens (primary N) is 1. The monoisotopic (exact) mass is 241 g/mol. The van der Waals surface area contributed by atoms with Crippen LogP contribution in [0.3, 0.4) is 0 Å². The maximum Gasteiger partial charge on any atom is 0.0317 e. The first-order chi connectivity index (χ1) is 8.33. The lowest BCUT2D eigenvalue weighted by molar-refractivity contribution is 1.08. The van der Waals surface area contributed by atoms with Crippen molar-refractivity contribution in [2.45, 2.75) is 19.3 Å². The summed E-state index contributed by atoms with van der Waals surface area (Å²) in [5, 5.41) is 2.14. The van der Waals surface area contributed by atoms with Gasteiger partial charge in [0.2, 0.25) is 0 Å². The van der Waals surface area contributed by atoms with Crippen molar-refractivity contribution in [1.29, 1.82) is 0 Å². The minimum atomic E-state index is 0.878. The topological polar surface area (TPSA) is 26.0 Å². The van der Waals surface area contributed by atoms with E-state index in [2.05, 4.69) is 35.7 Å². The van der Waals surface area contributed by atoms with Gasteiger partial charge in [-0.1, -0.05) is 18.2 Å². The summed E-state index contributed by atoms with van der Waals surface area (Å²) in [5.41, 5.74) is 11.0. The van der Waals surface area contributed by atoms with Crippen LogP contribution in [0.15, 0.2) is 41.8 Å². The predicted molar refractivity (Wildman–Crippen MR) is 75.2 cm³/mol. The first kappa shape index (κ1) is 10.6. The van der Waals surface area contributed by atoms with Crippen LogP contribution in [0.1, 0.15) is 22.4 Å². The fraction of sp³-hybridized carbons (Fsp3) is 0.200. The SMILES string of the molecule is Nc1ccc2c(c1)CCC2=CCc1cccs1. The van der Waals surface area contributed by atoms with Crippen molar-refractivity contribution in [2.75, 3.05) is 5.73 Å². The molecule has 0 fully saturated rings. The molecule has 0 unspecified atom stereocenters. The van der Waals surface area contributed by atoms with E-state index in [1.165, 1.54) is 21.6 Å². The number of allylic oxidation sites excluding steroid dienone is 2. The summed E-state index contributed by atoms with van der Waals surface area (Å²) in [5.74, 6) is 0. The predicted octanol–water partition coefficient (Wildman–Crippen LogP) is 3.90. The van der Waals surface area contributed by atoms with Crippen LogP contribution in [-0.2, 0) is 12.8 Å². The summed E-state index contributed by atoms with van der Waals surface area (Å²) < 4.78 is 0. The van der Waals surface area contributed by atoms with Crippen LogP contribution in [0.5, 0.6) is 0 Å². The minimum absolute atomic E-state index is 0.878. The fourth-order valence-corrected chi connectivity index (χ4v) is 3.07. The molecular weight excluding hydrogens is 226 g/mol. The molecule has 2 heteroatoms. The maximum atomic E-state index is 5.81. The summed E-state index contributed by atoms with van der Waals surface area (Å²) in [6.07, 6.45) is 5.71. The highest BCUT2D eigenvalue weighted by Crippen LogP contribution is 2.33. The molecule has 0 radical (unpaired) electrons. The number of aryl methyl sites for hydroxylation is 1. The Morgan fingerprint density at radius 3 is 3.00 bits per heavy atom. The summed E-state index contributed by atoms with van der Waals surface area (Å²) in [6, 6.07) is 10.6. The van der Waals surface area contributed by atoms with E-state index in [-0.39, 0.29) is 0 Å². The van der Waals surface area contributed by atoms with Crippen LogP contribution in [0.4, 0.5) is 5.69 Å². The van der Waals surface area contributed by atoms with Gasteiger partial charge in [0.15, 0.2) is 0 Å².